The minimum atomic E-state index is -0.355. The molecule has 0 bridgehead atoms. The second-order valence-electron chi connectivity index (χ2n) is 7.30. The summed E-state index contributed by atoms with van der Waals surface area (Å²) >= 11 is 0. The van der Waals surface area contributed by atoms with E-state index in [-0.39, 0.29) is 23.6 Å². The van der Waals surface area contributed by atoms with Crippen molar-refractivity contribution in [3.8, 4) is 17.2 Å². The summed E-state index contributed by atoms with van der Waals surface area (Å²) in [7, 11) is 0. The van der Waals surface area contributed by atoms with E-state index in [0.29, 0.717) is 22.6 Å². The van der Waals surface area contributed by atoms with Crippen molar-refractivity contribution in [2.24, 2.45) is 0 Å². The van der Waals surface area contributed by atoms with Crippen LogP contribution in [0.25, 0.3) is 16.7 Å². The van der Waals surface area contributed by atoms with Gasteiger partial charge in [-0.25, -0.2) is 0 Å². The molecule has 1 aromatic heterocycles. The molecule has 0 spiro atoms. The zero-order valence-electron chi connectivity index (χ0n) is 15.7. The number of phenols is 1. The van der Waals surface area contributed by atoms with Crippen molar-refractivity contribution in [1.29, 1.82) is 0 Å². The van der Waals surface area contributed by atoms with E-state index in [0.717, 1.165) is 11.0 Å². The highest BCUT2D eigenvalue weighted by Gasteiger charge is 2.27. The number of esters is 1. The first-order valence-electron chi connectivity index (χ1n) is 8.62. The van der Waals surface area contributed by atoms with E-state index in [4.69, 9.17) is 4.74 Å². The normalized spacial score (nSPS) is 11.7. The summed E-state index contributed by atoms with van der Waals surface area (Å²) in [5.41, 5.74) is 2.79. The van der Waals surface area contributed by atoms with Gasteiger partial charge in [0, 0.05) is 17.5 Å². The Hall–Kier alpha value is -2.89. The van der Waals surface area contributed by atoms with Crippen LogP contribution in [0, 0.1) is 6.92 Å². The van der Waals surface area contributed by atoms with Gasteiger partial charge in [0.1, 0.15) is 28.2 Å². The topological polar surface area (TPSA) is 77.2 Å². The number of ether oxygens (including phenoxy) is 1. The summed E-state index contributed by atoms with van der Waals surface area (Å²) in [5, 5.41) is 19.9. The smallest absolute Gasteiger partial charge is 0.310 e. The first-order chi connectivity index (χ1) is 12.2. The van der Waals surface area contributed by atoms with Crippen LogP contribution in [0.3, 0.4) is 0 Å². The maximum Gasteiger partial charge on any atom is 0.310 e. The monoisotopic (exact) mass is 353 g/mol. The Balaban J connectivity index is 2.28. The molecule has 6 nitrogen and oxygen atoms in total. The highest BCUT2D eigenvalue weighted by molar-refractivity contribution is 5.76. The number of hydrogen-bond donors (Lipinski definition) is 1. The van der Waals surface area contributed by atoms with Crippen molar-refractivity contribution in [3.63, 3.8) is 0 Å². The van der Waals surface area contributed by atoms with Gasteiger partial charge in [0.05, 0.1) is 0 Å². The lowest BCUT2D eigenvalue weighted by atomic mass is 9.85. The molecular weight excluding hydrogens is 330 g/mol. The molecule has 0 radical (unpaired) electrons. The van der Waals surface area contributed by atoms with Crippen LogP contribution in [0.2, 0.25) is 0 Å². The average Bonchev–Trinajstić information content (AvgIpc) is 2.99. The zero-order valence-corrected chi connectivity index (χ0v) is 15.7. The molecule has 0 unspecified atom stereocenters. The second kappa shape index (κ2) is 6.44. The molecule has 0 saturated heterocycles. The molecule has 0 atom stereocenters. The third-order valence-corrected chi connectivity index (χ3v) is 4.29. The second-order valence-corrected chi connectivity index (χ2v) is 7.30. The first kappa shape index (κ1) is 17.9. The number of carbonyl (C=O) groups excluding carboxylic acids is 1. The van der Waals surface area contributed by atoms with E-state index < -0.39 is 0 Å². The van der Waals surface area contributed by atoms with E-state index in [2.05, 4.69) is 10.2 Å². The quantitative estimate of drug-likeness (QED) is 0.568. The number of benzene rings is 2. The fourth-order valence-electron chi connectivity index (χ4n) is 2.81. The molecule has 0 aliphatic heterocycles. The molecule has 3 aromatic rings. The average molecular weight is 353 g/mol. The zero-order chi connectivity index (χ0) is 19.1. The Morgan fingerprint density at radius 2 is 1.77 bits per heavy atom. The van der Waals surface area contributed by atoms with E-state index in [1.807, 2.05) is 45.0 Å². The van der Waals surface area contributed by atoms with Gasteiger partial charge in [0.2, 0.25) is 0 Å². The number of aromatic nitrogens is 3. The molecule has 0 aliphatic carbocycles. The van der Waals surface area contributed by atoms with Crippen LogP contribution in [0.1, 0.15) is 45.2 Å². The summed E-state index contributed by atoms with van der Waals surface area (Å²) in [6.07, 6.45) is 0.268. The summed E-state index contributed by atoms with van der Waals surface area (Å²) in [5.74, 6) is 0.172. The van der Waals surface area contributed by atoms with Crippen LogP contribution >= 0.6 is 0 Å². The van der Waals surface area contributed by atoms with Crippen LogP contribution in [-0.4, -0.2) is 26.1 Å². The lowest BCUT2D eigenvalue weighted by Crippen LogP contribution is -2.16. The molecule has 1 heterocycles. The van der Waals surface area contributed by atoms with Crippen LogP contribution in [0.15, 0.2) is 30.3 Å². The minimum Gasteiger partial charge on any atom is -0.505 e. The van der Waals surface area contributed by atoms with Crippen molar-refractivity contribution in [3.05, 3.63) is 41.5 Å². The van der Waals surface area contributed by atoms with Crippen LogP contribution in [-0.2, 0) is 10.2 Å². The van der Waals surface area contributed by atoms with Crippen molar-refractivity contribution in [2.45, 2.75) is 46.5 Å². The van der Waals surface area contributed by atoms with Gasteiger partial charge in [-0.1, -0.05) is 39.8 Å². The van der Waals surface area contributed by atoms with Crippen LogP contribution in [0.5, 0.6) is 11.5 Å². The molecule has 26 heavy (non-hydrogen) atoms. The molecule has 0 aliphatic rings. The molecule has 0 amide bonds. The summed E-state index contributed by atoms with van der Waals surface area (Å²) in [6.45, 7) is 9.48. The van der Waals surface area contributed by atoms with Crippen molar-refractivity contribution in [1.82, 2.24) is 15.0 Å². The molecule has 0 fully saturated rings. The number of hydrogen-bond acceptors (Lipinski definition) is 5. The van der Waals surface area contributed by atoms with E-state index in [1.54, 1.807) is 19.9 Å². The number of carbonyl (C=O) groups is 1. The predicted octanol–water partition coefficient (Wildman–Crippen LogP) is 4.05. The first-order valence-corrected chi connectivity index (χ1v) is 8.62. The number of nitrogens with zero attached hydrogens (tertiary/aromatic N) is 3. The predicted molar refractivity (Wildman–Crippen MR) is 99.9 cm³/mol. The Morgan fingerprint density at radius 1 is 1.19 bits per heavy atom. The maximum absolute atomic E-state index is 11.8. The molecule has 1 N–H and O–H groups in total. The minimum absolute atomic E-state index is 0.0894. The Kier molecular flexibility index (Phi) is 4.44. The third kappa shape index (κ3) is 3.14. The molecule has 2 aromatic carbocycles. The largest absolute Gasteiger partial charge is 0.505 e. The maximum atomic E-state index is 11.8. The van der Waals surface area contributed by atoms with Gasteiger partial charge in [-0.3, -0.25) is 4.79 Å². The molecule has 3 rings (SSSR count). The molecule has 6 heteroatoms. The number of phenolic OH excluding ortho intramolecular Hbond substituents is 1. The van der Waals surface area contributed by atoms with Gasteiger partial charge in [-0.15, -0.1) is 15.0 Å². The summed E-state index contributed by atoms with van der Waals surface area (Å²) in [4.78, 5) is 13.3. The molecule has 136 valence electrons. The van der Waals surface area contributed by atoms with Crippen molar-refractivity contribution < 1.29 is 14.6 Å². The van der Waals surface area contributed by atoms with Gasteiger partial charge in [-0.2, -0.15) is 0 Å². The molecule has 0 saturated carbocycles. The van der Waals surface area contributed by atoms with Gasteiger partial charge < -0.3 is 9.84 Å². The fraction of sp³-hybridized carbons (Fsp3) is 0.350. The number of aromatic hydroxyl groups is 1. The highest BCUT2D eigenvalue weighted by Crippen LogP contribution is 2.41. The van der Waals surface area contributed by atoms with Gasteiger partial charge in [0.15, 0.2) is 0 Å². The Labute approximate surface area is 152 Å². The Morgan fingerprint density at radius 3 is 2.27 bits per heavy atom. The van der Waals surface area contributed by atoms with Crippen LogP contribution in [0.4, 0.5) is 0 Å². The van der Waals surface area contributed by atoms with Crippen molar-refractivity contribution in [2.75, 3.05) is 0 Å². The van der Waals surface area contributed by atoms with Gasteiger partial charge in [-0.05, 0) is 30.5 Å². The summed E-state index contributed by atoms with van der Waals surface area (Å²) in [6, 6.07) is 9.21. The van der Waals surface area contributed by atoms with Crippen molar-refractivity contribution >= 4 is 17.0 Å². The Bertz CT molecular complexity index is 951. The SMILES string of the molecule is CCC(=O)Oc1cc(C(C)(C)C)c(O)c(-n2nc3ccccc3n2)c1C. The van der Waals surface area contributed by atoms with Gasteiger partial charge >= 0.3 is 5.97 Å². The van der Waals surface area contributed by atoms with Crippen LogP contribution < -0.4 is 4.74 Å². The fourth-order valence-corrected chi connectivity index (χ4v) is 2.81. The van der Waals surface area contributed by atoms with E-state index >= 15 is 0 Å². The number of rotatable bonds is 3. The third-order valence-electron chi connectivity index (χ3n) is 4.29. The van der Waals surface area contributed by atoms with E-state index in [9.17, 15) is 9.90 Å². The van der Waals surface area contributed by atoms with E-state index in [1.165, 1.54) is 4.80 Å². The number of fused-ring (bicyclic) bond motifs is 1. The lowest BCUT2D eigenvalue weighted by molar-refractivity contribution is -0.134. The summed E-state index contributed by atoms with van der Waals surface area (Å²) < 4.78 is 5.50. The lowest BCUT2D eigenvalue weighted by Gasteiger charge is -2.24. The van der Waals surface area contributed by atoms with Gasteiger partial charge in [0.25, 0.3) is 0 Å². The standard InChI is InChI=1S/C20H23N3O3/c1-6-17(24)26-16-11-13(20(3,4)5)19(25)18(12(16)2)23-21-14-9-7-8-10-15(14)22-23/h7-11,25H,6H2,1-5H3. The molecular formula is C20H23N3O3. The highest BCUT2D eigenvalue weighted by atomic mass is 16.5.